The molecule has 1 aliphatic rings. The van der Waals surface area contributed by atoms with Crippen LogP contribution in [0.25, 0.3) is 11.1 Å². The molecule has 1 heterocycles. The number of amides is 1. The van der Waals surface area contributed by atoms with Gasteiger partial charge in [-0.05, 0) is 78.5 Å². The Balaban J connectivity index is 1.54. The molecule has 1 amide bonds. The summed E-state index contributed by atoms with van der Waals surface area (Å²) in [5, 5.41) is 3.43. The highest BCUT2D eigenvalue weighted by Gasteiger charge is 2.34. The van der Waals surface area contributed by atoms with Gasteiger partial charge in [0.25, 0.3) is 0 Å². The van der Waals surface area contributed by atoms with Crippen molar-refractivity contribution in [2.75, 3.05) is 19.7 Å². The van der Waals surface area contributed by atoms with Gasteiger partial charge in [0.15, 0.2) is 0 Å². The summed E-state index contributed by atoms with van der Waals surface area (Å²) in [6.45, 7) is 2.90. The highest BCUT2D eigenvalue weighted by Crippen LogP contribution is 2.34. The Morgan fingerprint density at radius 2 is 1.68 bits per heavy atom. The molecule has 31 heavy (non-hydrogen) atoms. The van der Waals surface area contributed by atoms with E-state index in [0.29, 0.717) is 18.8 Å². The van der Waals surface area contributed by atoms with E-state index in [2.05, 4.69) is 29.6 Å². The summed E-state index contributed by atoms with van der Waals surface area (Å²) in [5.41, 5.74) is 9.75. The average molecular weight is 419 g/mol. The molecule has 160 valence electrons. The molecular formula is C26H27FN2O2. The number of carbonyl (C=O) groups is 1. The zero-order chi connectivity index (χ0) is 21.7. The van der Waals surface area contributed by atoms with E-state index in [1.165, 1.54) is 17.7 Å². The molecule has 1 aliphatic heterocycles. The maximum absolute atomic E-state index is 13.3. The van der Waals surface area contributed by atoms with Gasteiger partial charge >= 0.3 is 0 Å². The molecule has 3 aromatic rings. The Morgan fingerprint density at radius 1 is 0.968 bits per heavy atom. The zero-order valence-corrected chi connectivity index (χ0v) is 17.4. The van der Waals surface area contributed by atoms with Gasteiger partial charge in [0, 0.05) is 11.0 Å². The lowest BCUT2D eigenvalue weighted by Gasteiger charge is -2.38. The molecule has 3 aromatic carbocycles. The fourth-order valence-corrected chi connectivity index (χ4v) is 4.30. The first kappa shape index (κ1) is 21.2. The quantitative estimate of drug-likeness (QED) is 0.597. The molecular weight excluding hydrogens is 391 g/mol. The van der Waals surface area contributed by atoms with Crippen LogP contribution in [-0.2, 0) is 16.8 Å². The number of nitrogens with two attached hydrogens (primary N) is 1. The van der Waals surface area contributed by atoms with Crippen LogP contribution in [0.3, 0.4) is 0 Å². The first-order valence-corrected chi connectivity index (χ1v) is 10.6. The Kier molecular flexibility index (Phi) is 6.44. The van der Waals surface area contributed by atoms with Crippen LogP contribution in [0.5, 0.6) is 0 Å². The molecule has 4 nitrogen and oxygen atoms in total. The molecule has 0 spiro atoms. The third kappa shape index (κ3) is 5.01. The van der Waals surface area contributed by atoms with Gasteiger partial charge in [0.05, 0.1) is 13.2 Å². The number of primary amides is 1. The number of benzene rings is 3. The highest BCUT2D eigenvalue weighted by molar-refractivity contribution is 5.94. The minimum absolute atomic E-state index is 0.0202. The van der Waals surface area contributed by atoms with Crippen LogP contribution in [0.2, 0.25) is 0 Å². The smallest absolute Gasteiger partial charge is 0.248 e. The monoisotopic (exact) mass is 418 g/mol. The maximum atomic E-state index is 13.3. The molecule has 1 fully saturated rings. The second-order valence-electron chi connectivity index (χ2n) is 8.18. The van der Waals surface area contributed by atoms with E-state index in [9.17, 15) is 9.18 Å². The van der Waals surface area contributed by atoms with Gasteiger partial charge in [-0.1, -0.05) is 42.5 Å². The molecule has 5 heteroatoms. The molecule has 0 radical (unpaired) electrons. The number of hydrogen-bond acceptors (Lipinski definition) is 3. The topological polar surface area (TPSA) is 64.4 Å². The summed E-state index contributed by atoms with van der Waals surface area (Å²) in [6.07, 6.45) is 2.03. The molecule has 1 saturated heterocycles. The lowest BCUT2D eigenvalue weighted by Crippen LogP contribution is -2.43. The minimum atomic E-state index is -0.496. The standard InChI is InChI=1S/C26H27FN2O2/c27-24-8-6-20(7-9-24)21-14-19(15-22(16-21)25(28)30)17-31-18-26(10-12-29-13-11-26)23-4-2-1-3-5-23/h1-9,14-16,29H,10-13,17-18H2,(H2,28,30). The van der Waals surface area contributed by atoms with Gasteiger partial charge in [-0.25, -0.2) is 4.39 Å². The van der Waals surface area contributed by atoms with Crippen molar-refractivity contribution in [2.24, 2.45) is 5.73 Å². The normalized spacial score (nSPS) is 15.5. The van der Waals surface area contributed by atoms with Crippen molar-refractivity contribution >= 4 is 5.91 Å². The van der Waals surface area contributed by atoms with Crippen LogP contribution in [-0.4, -0.2) is 25.6 Å². The fourth-order valence-electron chi connectivity index (χ4n) is 4.30. The second kappa shape index (κ2) is 9.41. The van der Waals surface area contributed by atoms with E-state index in [4.69, 9.17) is 10.5 Å². The van der Waals surface area contributed by atoms with Crippen molar-refractivity contribution in [3.8, 4) is 11.1 Å². The lowest BCUT2D eigenvalue weighted by molar-refractivity contribution is 0.0565. The van der Waals surface area contributed by atoms with Crippen LogP contribution in [0, 0.1) is 5.82 Å². The summed E-state index contributed by atoms with van der Waals surface area (Å²) < 4.78 is 19.5. The van der Waals surface area contributed by atoms with Crippen LogP contribution < -0.4 is 11.1 Å². The highest BCUT2D eigenvalue weighted by atomic mass is 19.1. The molecule has 0 aliphatic carbocycles. The van der Waals surface area contributed by atoms with E-state index in [0.717, 1.165) is 42.6 Å². The second-order valence-corrected chi connectivity index (χ2v) is 8.18. The van der Waals surface area contributed by atoms with E-state index in [1.54, 1.807) is 24.3 Å². The lowest BCUT2D eigenvalue weighted by atomic mass is 9.74. The summed E-state index contributed by atoms with van der Waals surface area (Å²) in [7, 11) is 0. The Labute approximate surface area is 182 Å². The number of rotatable bonds is 7. The zero-order valence-electron chi connectivity index (χ0n) is 17.4. The van der Waals surface area contributed by atoms with E-state index in [-0.39, 0.29) is 11.2 Å². The first-order chi connectivity index (χ1) is 15.1. The average Bonchev–Trinajstić information content (AvgIpc) is 2.80. The van der Waals surface area contributed by atoms with Gasteiger partial charge in [0.1, 0.15) is 5.82 Å². The number of ether oxygens (including phenoxy) is 1. The van der Waals surface area contributed by atoms with Gasteiger partial charge in [-0.2, -0.15) is 0 Å². The van der Waals surface area contributed by atoms with Crippen molar-refractivity contribution in [3.05, 3.63) is 95.3 Å². The van der Waals surface area contributed by atoms with Crippen molar-refractivity contribution in [1.29, 1.82) is 0 Å². The third-order valence-electron chi connectivity index (χ3n) is 6.05. The van der Waals surface area contributed by atoms with Crippen molar-refractivity contribution in [3.63, 3.8) is 0 Å². The first-order valence-electron chi connectivity index (χ1n) is 10.6. The largest absolute Gasteiger partial charge is 0.376 e. The Morgan fingerprint density at radius 3 is 2.35 bits per heavy atom. The number of piperidine rings is 1. The predicted molar refractivity (Wildman–Crippen MR) is 120 cm³/mol. The molecule has 0 bridgehead atoms. The molecule has 4 rings (SSSR count). The molecule has 0 atom stereocenters. The Hall–Kier alpha value is -3.02. The molecule has 0 unspecified atom stereocenters. The summed E-state index contributed by atoms with van der Waals surface area (Å²) in [5.74, 6) is -0.795. The van der Waals surface area contributed by atoms with Gasteiger partial charge < -0.3 is 15.8 Å². The van der Waals surface area contributed by atoms with Crippen molar-refractivity contribution < 1.29 is 13.9 Å². The number of halogens is 1. The van der Waals surface area contributed by atoms with Gasteiger partial charge in [-0.15, -0.1) is 0 Å². The maximum Gasteiger partial charge on any atom is 0.248 e. The van der Waals surface area contributed by atoms with Gasteiger partial charge in [-0.3, -0.25) is 4.79 Å². The number of nitrogens with one attached hydrogen (secondary N) is 1. The predicted octanol–water partition coefficient (Wildman–Crippen LogP) is 4.43. The summed E-state index contributed by atoms with van der Waals surface area (Å²) >= 11 is 0. The molecule has 3 N–H and O–H groups in total. The fraction of sp³-hybridized carbons (Fsp3) is 0.269. The van der Waals surface area contributed by atoms with E-state index < -0.39 is 5.91 Å². The molecule has 0 saturated carbocycles. The van der Waals surface area contributed by atoms with Crippen LogP contribution >= 0.6 is 0 Å². The van der Waals surface area contributed by atoms with Crippen LogP contribution in [0.15, 0.2) is 72.8 Å². The summed E-state index contributed by atoms with van der Waals surface area (Å²) in [6, 6.07) is 22.2. The SMILES string of the molecule is NC(=O)c1cc(COCC2(c3ccccc3)CCNCC2)cc(-c2ccc(F)cc2)c1. The van der Waals surface area contributed by atoms with E-state index >= 15 is 0 Å². The minimum Gasteiger partial charge on any atom is -0.376 e. The number of carbonyl (C=O) groups excluding carboxylic acids is 1. The Bertz CT molecular complexity index is 1030. The third-order valence-corrected chi connectivity index (χ3v) is 6.05. The van der Waals surface area contributed by atoms with Crippen LogP contribution in [0.1, 0.15) is 34.3 Å². The molecule has 0 aromatic heterocycles. The van der Waals surface area contributed by atoms with Gasteiger partial charge in [0.2, 0.25) is 5.91 Å². The summed E-state index contributed by atoms with van der Waals surface area (Å²) in [4.78, 5) is 11.9. The van der Waals surface area contributed by atoms with E-state index in [1.807, 2.05) is 12.1 Å². The van der Waals surface area contributed by atoms with Crippen LogP contribution in [0.4, 0.5) is 4.39 Å². The number of hydrogen-bond donors (Lipinski definition) is 2. The van der Waals surface area contributed by atoms with Crippen molar-refractivity contribution in [2.45, 2.75) is 24.9 Å². The van der Waals surface area contributed by atoms with Crippen molar-refractivity contribution in [1.82, 2.24) is 5.32 Å².